The minimum absolute atomic E-state index is 0.302. The second-order valence-corrected chi connectivity index (χ2v) is 8.01. The van der Waals surface area contributed by atoms with E-state index in [9.17, 15) is 4.79 Å². The minimum Gasteiger partial charge on any atom is -0.396 e. The van der Waals surface area contributed by atoms with Crippen molar-refractivity contribution < 1.29 is 9.90 Å². The number of Topliss-reactive ketones (excluding diaryl/α,β-unsaturated/α-hetero) is 1. The Bertz CT molecular complexity index is 378. The van der Waals surface area contributed by atoms with E-state index in [1.165, 1.54) is 38.5 Å². The molecule has 0 bridgehead atoms. The Morgan fingerprint density at radius 2 is 2.00 bits per heavy atom. The van der Waals surface area contributed by atoms with Crippen molar-refractivity contribution in [2.75, 3.05) is 6.61 Å². The van der Waals surface area contributed by atoms with Gasteiger partial charge in [-0.15, -0.1) is 0 Å². The molecule has 3 fully saturated rings. The molecular weight excluding hydrogens is 248 g/mol. The molecule has 3 aliphatic rings. The Morgan fingerprint density at radius 3 is 2.70 bits per heavy atom. The van der Waals surface area contributed by atoms with Crippen LogP contribution in [0.4, 0.5) is 0 Å². The molecule has 0 amide bonds. The summed E-state index contributed by atoms with van der Waals surface area (Å²) in [5, 5.41) is 9.16. The van der Waals surface area contributed by atoms with Gasteiger partial charge < -0.3 is 5.11 Å². The Morgan fingerprint density at radius 1 is 1.20 bits per heavy atom. The van der Waals surface area contributed by atoms with Crippen LogP contribution in [0, 0.1) is 35.0 Å². The van der Waals surface area contributed by atoms with Gasteiger partial charge in [0.15, 0.2) is 0 Å². The van der Waals surface area contributed by atoms with Crippen LogP contribution in [0.25, 0.3) is 0 Å². The molecule has 114 valence electrons. The highest BCUT2D eigenvalue weighted by molar-refractivity contribution is 5.79. The van der Waals surface area contributed by atoms with E-state index in [1.807, 2.05) is 6.92 Å². The van der Waals surface area contributed by atoms with Gasteiger partial charge in [-0.05, 0) is 81.0 Å². The third kappa shape index (κ3) is 2.24. The monoisotopic (exact) mass is 278 g/mol. The summed E-state index contributed by atoms with van der Waals surface area (Å²) in [6.45, 7) is 4.57. The molecule has 3 rings (SSSR count). The number of carbonyl (C=O) groups is 1. The van der Waals surface area contributed by atoms with Crippen molar-refractivity contribution in [1.82, 2.24) is 0 Å². The minimum atomic E-state index is 0.302. The van der Waals surface area contributed by atoms with Crippen LogP contribution in [0.1, 0.15) is 65.2 Å². The lowest BCUT2D eigenvalue weighted by molar-refractivity contribution is -0.126. The zero-order chi connectivity index (χ0) is 14.3. The second kappa shape index (κ2) is 5.44. The summed E-state index contributed by atoms with van der Waals surface area (Å²) in [6, 6.07) is 0. The summed E-state index contributed by atoms with van der Waals surface area (Å²) < 4.78 is 0. The summed E-state index contributed by atoms with van der Waals surface area (Å²) in [6.07, 6.45) is 9.99. The number of hydrogen-bond donors (Lipinski definition) is 1. The second-order valence-electron chi connectivity index (χ2n) is 8.01. The standard InChI is InChI=1S/C18H30O2/c1-12(20)16-5-6-17-15-4-3-13(8-10-19)11-14(15)7-9-18(16,17)2/h13-17,19H,3-11H2,1-2H3/t13-,14+,15+,16-,17-,18+/m1/s1. The van der Waals surface area contributed by atoms with Crippen molar-refractivity contribution >= 4 is 5.78 Å². The lowest BCUT2D eigenvalue weighted by Gasteiger charge is -2.51. The quantitative estimate of drug-likeness (QED) is 0.852. The number of hydrogen-bond acceptors (Lipinski definition) is 2. The third-order valence-corrected chi connectivity index (χ3v) is 7.16. The summed E-state index contributed by atoms with van der Waals surface area (Å²) in [4.78, 5) is 12.0. The van der Waals surface area contributed by atoms with Crippen LogP contribution in [0.15, 0.2) is 0 Å². The molecule has 0 aromatic heterocycles. The first kappa shape index (κ1) is 14.6. The molecule has 0 unspecified atom stereocenters. The molecule has 6 atom stereocenters. The SMILES string of the molecule is CC(=O)[C@H]1CC[C@@H]2[C@H]3CC[C@H](CCO)C[C@@H]3CC[C@@]12C. The molecule has 0 spiro atoms. The molecule has 0 aromatic carbocycles. The average Bonchev–Trinajstić information content (AvgIpc) is 2.77. The van der Waals surface area contributed by atoms with Gasteiger partial charge in [0, 0.05) is 12.5 Å². The van der Waals surface area contributed by atoms with Gasteiger partial charge in [0.1, 0.15) is 5.78 Å². The van der Waals surface area contributed by atoms with E-state index in [-0.39, 0.29) is 0 Å². The first-order valence-electron chi connectivity index (χ1n) is 8.67. The van der Waals surface area contributed by atoms with Gasteiger partial charge in [0.2, 0.25) is 0 Å². The average molecular weight is 278 g/mol. The summed E-state index contributed by atoms with van der Waals surface area (Å²) >= 11 is 0. The van der Waals surface area contributed by atoms with Crippen LogP contribution in [-0.2, 0) is 4.79 Å². The van der Waals surface area contributed by atoms with Crippen LogP contribution >= 0.6 is 0 Å². The maximum Gasteiger partial charge on any atom is 0.133 e. The predicted octanol–water partition coefficient (Wildman–Crippen LogP) is 3.82. The van der Waals surface area contributed by atoms with Gasteiger partial charge in [-0.2, -0.15) is 0 Å². The molecule has 2 heteroatoms. The van der Waals surface area contributed by atoms with Crippen LogP contribution in [-0.4, -0.2) is 17.5 Å². The van der Waals surface area contributed by atoms with Gasteiger partial charge >= 0.3 is 0 Å². The van der Waals surface area contributed by atoms with E-state index in [4.69, 9.17) is 5.11 Å². The number of rotatable bonds is 3. The Balaban J connectivity index is 1.73. The van der Waals surface area contributed by atoms with E-state index < -0.39 is 0 Å². The van der Waals surface area contributed by atoms with E-state index in [2.05, 4.69) is 6.92 Å². The fourth-order valence-corrected chi connectivity index (χ4v) is 6.18. The highest BCUT2D eigenvalue weighted by Crippen LogP contribution is 2.62. The van der Waals surface area contributed by atoms with Gasteiger partial charge in [0.25, 0.3) is 0 Å². The lowest BCUT2D eigenvalue weighted by Crippen LogP contribution is -2.45. The van der Waals surface area contributed by atoms with Gasteiger partial charge in [0.05, 0.1) is 0 Å². The fraction of sp³-hybridized carbons (Fsp3) is 0.944. The van der Waals surface area contributed by atoms with Crippen molar-refractivity contribution in [2.45, 2.75) is 65.2 Å². The van der Waals surface area contributed by atoms with E-state index >= 15 is 0 Å². The van der Waals surface area contributed by atoms with Gasteiger partial charge in [-0.25, -0.2) is 0 Å². The van der Waals surface area contributed by atoms with Crippen LogP contribution in [0.2, 0.25) is 0 Å². The Labute approximate surface area is 123 Å². The number of carbonyl (C=O) groups excluding carboxylic acids is 1. The largest absolute Gasteiger partial charge is 0.396 e. The number of fused-ring (bicyclic) bond motifs is 3. The molecule has 0 heterocycles. The molecule has 2 nitrogen and oxygen atoms in total. The molecule has 0 aliphatic heterocycles. The third-order valence-electron chi connectivity index (χ3n) is 7.16. The number of aliphatic hydroxyl groups excluding tert-OH is 1. The van der Waals surface area contributed by atoms with Crippen LogP contribution in [0.5, 0.6) is 0 Å². The van der Waals surface area contributed by atoms with Crippen molar-refractivity contribution in [3.63, 3.8) is 0 Å². The van der Waals surface area contributed by atoms with E-state index in [0.717, 1.165) is 36.5 Å². The molecule has 0 saturated heterocycles. The van der Waals surface area contributed by atoms with Gasteiger partial charge in [-0.1, -0.05) is 13.3 Å². The Hall–Kier alpha value is -0.370. The van der Waals surface area contributed by atoms with Crippen molar-refractivity contribution in [3.05, 3.63) is 0 Å². The number of ketones is 1. The fourth-order valence-electron chi connectivity index (χ4n) is 6.18. The summed E-state index contributed by atoms with van der Waals surface area (Å²) in [7, 11) is 0. The van der Waals surface area contributed by atoms with E-state index in [0.29, 0.717) is 23.7 Å². The van der Waals surface area contributed by atoms with Crippen LogP contribution < -0.4 is 0 Å². The molecule has 20 heavy (non-hydrogen) atoms. The van der Waals surface area contributed by atoms with Gasteiger partial charge in [-0.3, -0.25) is 4.79 Å². The molecule has 3 saturated carbocycles. The zero-order valence-electron chi connectivity index (χ0n) is 13.1. The normalized spacial score (nSPS) is 47.6. The predicted molar refractivity (Wildman–Crippen MR) is 80.3 cm³/mol. The number of aliphatic hydroxyl groups is 1. The molecule has 1 N–H and O–H groups in total. The topological polar surface area (TPSA) is 37.3 Å². The highest BCUT2D eigenvalue weighted by Gasteiger charge is 2.55. The molecular formula is C18H30O2. The lowest BCUT2D eigenvalue weighted by atomic mass is 9.53. The van der Waals surface area contributed by atoms with Crippen LogP contribution in [0.3, 0.4) is 0 Å². The van der Waals surface area contributed by atoms with Crippen molar-refractivity contribution in [1.29, 1.82) is 0 Å². The molecule has 3 aliphatic carbocycles. The first-order chi connectivity index (χ1) is 9.56. The van der Waals surface area contributed by atoms with E-state index in [1.54, 1.807) is 0 Å². The molecule has 0 aromatic rings. The first-order valence-corrected chi connectivity index (χ1v) is 8.67. The maximum absolute atomic E-state index is 12.0. The van der Waals surface area contributed by atoms with Crippen molar-refractivity contribution in [3.8, 4) is 0 Å². The summed E-state index contributed by atoms with van der Waals surface area (Å²) in [5.41, 5.74) is 0.302. The maximum atomic E-state index is 12.0. The highest BCUT2D eigenvalue weighted by atomic mass is 16.3. The smallest absolute Gasteiger partial charge is 0.133 e. The van der Waals surface area contributed by atoms with Crippen molar-refractivity contribution in [2.24, 2.45) is 35.0 Å². The zero-order valence-corrected chi connectivity index (χ0v) is 13.1. The summed E-state index contributed by atoms with van der Waals surface area (Å²) in [5.74, 6) is 4.07. The Kier molecular flexibility index (Phi) is 3.96. The molecule has 0 radical (unpaired) electrons.